The highest BCUT2D eigenvalue weighted by atomic mass is 32.1. The van der Waals surface area contributed by atoms with Gasteiger partial charge in [0.05, 0.1) is 5.56 Å². The third-order valence-electron chi connectivity index (χ3n) is 2.36. The lowest BCUT2D eigenvalue weighted by Gasteiger charge is -2.10. The van der Waals surface area contributed by atoms with E-state index in [-0.39, 0.29) is 17.5 Å². The number of nitrogens with two attached hydrogens (primary N) is 1. The molecular weight excluding hydrogens is 248 g/mol. The standard InChI is InChI=1S/C13H18N2O2S/c1-2-3-8-15-12(16)9-17-11-7-5-4-6-10(11)13(14)18/h4-7H,2-3,8-9H2,1H3,(H2,14,18)(H,15,16). The lowest BCUT2D eigenvalue weighted by Crippen LogP contribution is -2.30. The van der Waals surface area contributed by atoms with Crippen molar-refractivity contribution in [3.8, 4) is 5.75 Å². The van der Waals surface area contributed by atoms with Crippen molar-refractivity contribution in [2.24, 2.45) is 5.73 Å². The van der Waals surface area contributed by atoms with E-state index in [2.05, 4.69) is 12.2 Å². The molecule has 1 aromatic rings. The van der Waals surface area contributed by atoms with Crippen LogP contribution in [0.3, 0.4) is 0 Å². The normalized spacial score (nSPS) is 9.83. The van der Waals surface area contributed by atoms with Gasteiger partial charge in [0.1, 0.15) is 10.7 Å². The first-order valence-corrected chi connectivity index (χ1v) is 6.34. The lowest BCUT2D eigenvalue weighted by atomic mass is 10.2. The van der Waals surface area contributed by atoms with Crippen molar-refractivity contribution in [1.29, 1.82) is 0 Å². The maximum Gasteiger partial charge on any atom is 0.257 e. The Labute approximate surface area is 113 Å². The van der Waals surface area contributed by atoms with Crippen LogP contribution in [0.2, 0.25) is 0 Å². The molecule has 3 N–H and O–H groups in total. The number of hydrogen-bond acceptors (Lipinski definition) is 3. The number of amides is 1. The van der Waals surface area contributed by atoms with Gasteiger partial charge in [-0.25, -0.2) is 0 Å². The van der Waals surface area contributed by atoms with Crippen LogP contribution in [-0.4, -0.2) is 24.0 Å². The molecule has 1 rings (SSSR count). The molecular formula is C13H18N2O2S. The summed E-state index contributed by atoms with van der Waals surface area (Å²) < 4.78 is 5.41. The summed E-state index contributed by atoms with van der Waals surface area (Å²) in [5, 5.41) is 2.77. The van der Waals surface area contributed by atoms with Crippen LogP contribution in [0, 0.1) is 0 Å². The van der Waals surface area contributed by atoms with E-state index in [9.17, 15) is 4.79 Å². The Kier molecular flexibility index (Phi) is 6.14. The molecule has 4 nitrogen and oxygen atoms in total. The second kappa shape index (κ2) is 7.66. The maximum absolute atomic E-state index is 11.5. The van der Waals surface area contributed by atoms with Gasteiger partial charge in [0, 0.05) is 6.54 Å². The number of nitrogens with one attached hydrogen (secondary N) is 1. The van der Waals surface area contributed by atoms with Crippen LogP contribution in [0.4, 0.5) is 0 Å². The smallest absolute Gasteiger partial charge is 0.257 e. The van der Waals surface area contributed by atoms with Crippen LogP contribution in [0.15, 0.2) is 24.3 Å². The van der Waals surface area contributed by atoms with Crippen LogP contribution in [0.1, 0.15) is 25.3 Å². The average molecular weight is 266 g/mol. The molecule has 0 aromatic heterocycles. The number of para-hydroxylation sites is 1. The van der Waals surface area contributed by atoms with Crippen molar-refractivity contribution in [2.45, 2.75) is 19.8 Å². The van der Waals surface area contributed by atoms with Gasteiger partial charge in [0.2, 0.25) is 0 Å². The van der Waals surface area contributed by atoms with E-state index >= 15 is 0 Å². The minimum Gasteiger partial charge on any atom is -0.483 e. The molecule has 0 bridgehead atoms. The Bertz CT molecular complexity index is 421. The van der Waals surface area contributed by atoms with Crippen molar-refractivity contribution >= 4 is 23.1 Å². The Morgan fingerprint density at radius 1 is 1.44 bits per heavy atom. The first-order chi connectivity index (χ1) is 8.65. The van der Waals surface area contributed by atoms with Crippen molar-refractivity contribution < 1.29 is 9.53 Å². The number of unbranched alkanes of at least 4 members (excludes halogenated alkanes) is 1. The molecule has 0 saturated carbocycles. The van der Waals surface area contributed by atoms with Crippen molar-refractivity contribution in [3.63, 3.8) is 0 Å². The second-order valence-corrected chi connectivity index (χ2v) is 4.29. The van der Waals surface area contributed by atoms with Crippen molar-refractivity contribution in [2.75, 3.05) is 13.2 Å². The predicted molar refractivity (Wildman–Crippen MR) is 75.7 cm³/mol. The minimum absolute atomic E-state index is 0.0245. The van der Waals surface area contributed by atoms with E-state index < -0.39 is 0 Å². The molecule has 0 aliphatic rings. The highest BCUT2D eigenvalue weighted by Crippen LogP contribution is 2.17. The third kappa shape index (κ3) is 4.71. The summed E-state index contributed by atoms with van der Waals surface area (Å²) in [6.07, 6.45) is 2.01. The van der Waals surface area contributed by atoms with E-state index in [1.165, 1.54) is 0 Å². The third-order valence-corrected chi connectivity index (χ3v) is 2.58. The first-order valence-electron chi connectivity index (χ1n) is 5.93. The molecule has 0 aliphatic carbocycles. The van der Waals surface area contributed by atoms with Crippen LogP contribution in [0.25, 0.3) is 0 Å². The van der Waals surface area contributed by atoms with Crippen LogP contribution >= 0.6 is 12.2 Å². The van der Waals surface area contributed by atoms with Crippen molar-refractivity contribution in [1.82, 2.24) is 5.32 Å². The van der Waals surface area contributed by atoms with Crippen LogP contribution in [0.5, 0.6) is 5.75 Å². The monoisotopic (exact) mass is 266 g/mol. The first kappa shape index (κ1) is 14.4. The zero-order chi connectivity index (χ0) is 13.4. The number of thiocarbonyl (C=S) groups is 1. The summed E-state index contributed by atoms with van der Waals surface area (Å²) in [4.78, 5) is 11.7. The molecule has 0 saturated heterocycles. The van der Waals surface area contributed by atoms with E-state index in [1.807, 2.05) is 12.1 Å². The van der Waals surface area contributed by atoms with E-state index in [0.717, 1.165) is 12.8 Å². The highest BCUT2D eigenvalue weighted by Gasteiger charge is 2.07. The van der Waals surface area contributed by atoms with E-state index in [0.29, 0.717) is 17.9 Å². The zero-order valence-corrected chi connectivity index (χ0v) is 11.3. The van der Waals surface area contributed by atoms with Gasteiger partial charge in [-0.15, -0.1) is 0 Å². The molecule has 1 amide bonds. The Morgan fingerprint density at radius 3 is 2.83 bits per heavy atom. The number of ether oxygens (including phenoxy) is 1. The van der Waals surface area contributed by atoms with Gasteiger partial charge in [0.15, 0.2) is 6.61 Å². The van der Waals surface area contributed by atoms with E-state index in [1.54, 1.807) is 12.1 Å². The van der Waals surface area contributed by atoms with Crippen LogP contribution < -0.4 is 15.8 Å². The van der Waals surface area contributed by atoms with E-state index in [4.69, 9.17) is 22.7 Å². The molecule has 0 aliphatic heterocycles. The number of carbonyl (C=O) groups excluding carboxylic acids is 1. The SMILES string of the molecule is CCCCNC(=O)COc1ccccc1C(N)=S. The van der Waals surface area contributed by atoms with Gasteiger partial charge < -0.3 is 15.8 Å². The maximum atomic E-state index is 11.5. The predicted octanol–water partition coefficient (Wildman–Crippen LogP) is 1.62. The molecule has 18 heavy (non-hydrogen) atoms. The molecule has 0 spiro atoms. The topological polar surface area (TPSA) is 64.3 Å². The Morgan fingerprint density at radius 2 is 2.17 bits per heavy atom. The largest absolute Gasteiger partial charge is 0.483 e. The van der Waals surface area contributed by atoms with Gasteiger partial charge in [-0.05, 0) is 18.6 Å². The average Bonchev–Trinajstić information content (AvgIpc) is 2.37. The fourth-order valence-corrected chi connectivity index (χ4v) is 1.56. The number of benzene rings is 1. The Balaban J connectivity index is 2.48. The molecule has 98 valence electrons. The fraction of sp³-hybridized carbons (Fsp3) is 0.385. The summed E-state index contributed by atoms with van der Waals surface area (Å²) in [5.74, 6) is 0.400. The second-order valence-electron chi connectivity index (χ2n) is 3.85. The fourth-order valence-electron chi connectivity index (χ4n) is 1.39. The quantitative estimate of drug-likeness (QED) is 0.581. The molecule has 0 unspecified atom stereocenters. The molecule has 0 atom stereocenters. The Hall–Kier alpha value is -1.62. The van der Waals surface area contributed by atoms with Crippen molar-refractivity contribution in [3.05, 3.63) is 29.8 Å². The lowest BCUT2D eigenvalue weighted by molar-refractivity contribution is -0.123. The minimum atomic E-state index is -0.138. The molecule has 1 aromatic carbocycles. The summed E-state index contributed by atoms with van der Waals surface area (Å²) in [6, 6.07) is 7.15. The summed E-state index contributed by atoms with van der Waals surface area (Å²) in [6.45, 7) is 2.72. The van der Waals surface area contributed by atoms with Crippen LogP contribution in [-0.2, 0) is 4.79 Å². The summed E-state index contributed by atoms with van der Waals surface area (Å²) in [5.41, 5.74) is 6.22. The molecule has 5 heteroatoms. The number of rotatable bonds is 7. The number of carbonyl (C=O) groups is 1. The number of hydrogen-bond donors (Lipinski definition) is 2. The zero-order valence-electron chi connectivity index (χ0n) is 10.4. The molecule has 0 radical (unpaired) electrons. The highest BCUT2D eigenvalue weighted by molar-refractivity contribution is 7.80. The summed E-state index contributed by atoms with van der Waals surface area (Å²) in [7, 11) is 0. The van der Waals surface area contributed by atoms with Gasteiger partial charge >= 0.3 is 0 Å². The van der Waals surface area contributed by atoms with Gasteiger partial charge in [-0.1, -0.05) is 37.7 Å². The van der Waals surface area contributed by atoms with Gasteiger partial charge in [-0.3, -0.25) is 4.79 Å². The van der Waals surface area contributed by atoms with Gasteiger partial charge in [-0.2, -0.15) is 0 Å². The summed E-state index contributed by atoms with van der Waals surface area (Å²) >= 11 is 4.91. The molecule has 0 fully saturated rings. The van der Waals surface area contributed by atoms with Gasteiger partial charge in [0.25, 0.3) is 5.91 Å². The molecule has 0 heterocycles.